The monoisotopic (exact) mass is 557 g/mol. The van der Waals surface area contributed by atoms with Crippen LogP contribution < -0.4 is 20.1 Å². The van der Waals surface area contributed by atoms with E-state index < -0.39 is 0 Å². The molecular weight excluding hydrogens is 529 g/mol. The summed E-state index contributed by atoms with van der Waals surface area (Å²) in [6.45, 7) is 3.52. The molecule has 1 saturated carbocycles. The van der Waals surface area contributed by atoms with Gasteiger partial charge < -0.3 is 25.0 Å². The van der Waals surface area contributed by atoms with Crippen molar-refractivity contribution in [3.05, 3.63) is 53.2 Å². The molecule has 3 aromatic rings. The first-order valence-electron chi connectivity index (χ1n) is 11.9. The van der Waals surface area contributed by atoms with E-state index in [1.807, 2.05) is 18.2 Å². The molecule has 3 atom stereocenters. The van der Waals surface area contributed by atoms with Gasteiger partial charge in [0.05, 0.1) is 41.9 Å². The zero-order valence-electron chi connectivity index (χ0n) is 21.5. The number of amides is 2. The summed E-state index contributed by atoms with van der Waals surface area (Å²) in [7, 11) is 6.50. The van der Waals surface area contributed by atoms with Crippen molar-refractivity contribution in [2.45, 2.75) is 24.9 Å². The first kappa shape index (κ1) is 27.5. The largest absolute Gasteiger partial charge is 0.495 e. The van der Waals surface area contributed by atoms with Crippen LogP contribution in [0, 0.1) is 5.92 Å². The number of hydrogen-bond donors (Lipinski definition) is 2. The Kier molecular flexibility index (Phi) is 8.28. The molecule has 4 rings (SSSR count). The molecule has 2 unspecified atom stereocenters. The number of ether oxygens (including phenoxy) is 2. The summed E-state index contributed by atoms with van der Waals surface area (Å²) in [6.07, 6.45) is 3.96. The van der Waals surface area contributed by atoms with Crippen molar-refractivity contribution in [1.82, 2.24) is 20.2 Å². The molecular formula is C27H29Cl2N5O4. The lowest BCUT2D eigenvalue weighted by molar-refractivity contribution is -0.132. The number of hydrogen-bond acceptors (Lipinski definition) is 7. The first-order valence-corrected chi connectivity index (χ1v) is 12.7. The lowest BCUT2D eigenvalue weighted by Crippen LogP contribution is -2.43. The molecule has 0 saturated heterocycles. The fraction of sp³-hybridized carbons (Fsp3) is 0.333. The predicted octanol–water partition coefficient (Wildman–Crippen LogP) is 4.57. The maximum Gasteiger partial charge on any atom is 0.243 e. The Morgan fingerprint density at radius 3 is 2.34 bits per heavy atom. The molecule has 1 fully saturated rings. The molecule has 2 aromatic carbocycles. The summed E-state index contributed by atoms with van der Waals surface area (Å²) < 4.78 is 10.8. The van der Waals surface area contributed by atoms with Gasteiger partial charge >= 0.3 is 0 Å². The summed E-state index contributed by atoms with van der Waals surface area (Å²) in [5.74, 6) is 0.781. The molecule has 1 heterocycles. The van der Waals surface area contributed by atoms with Crippen LogP contribution in [0.5, 0.6) is 11.5 Å². The van der Waals surface area contributed by atoms with E-state index in [0.29, 0.717) is 51.4 Å². The van der Waals surface area contributed by atoms with E-state index in [2.05, 4.69) is 27.2 Å². The van der Waals surface area contributed by atoms with E-state index in [4.69, 9.17) is 32.7 Å². The second kappa shape index (κ2) is 11.4. The van der Waals surface area contributed by atoms with E-state index in [-0.39, 0.29) is 29.8 Å². The molecule has 0 aliphatic heterocycles. The Morgan fingerprint density at radius 1 is 1.08 bits per heavy atom. The Balaban J connectivity index is 1.63. The zero-order valence-corrected chi connectivity index (χ0v) is 23.1. The molecule has 1 aliphatic carbocycles. The number of fused-ring (bicyclic) bond motifs is 1. The number of aromatic nitrogens is 2. The van der Waals surface area contributed by atoms with Gasteiger partial charge in [-0.2, -0.15) is 0 Å². The van der Waals surface area contributed by atoms with Gasteiger partial charge in [-0.1, -0.05) is 35.8 Å². The summed E-state index contributed by atoms with van der Waals surface area (Å²) in [6, 6.07) is 6.73. The minimum atomic E-state index is -0.293. The van der Waals surface area contributed by atoms with Crippen LogP contribution in [0.1, 0.15) is 12.8 Å². The van der Waals surface area contributed by atoms with Crippen LogP contribution in [0.2, 0.25) is 10.0 Å². The summed E-state index contributed by atoms with van der Waals surface area (Å²) in [5, 5.41) is 7.74. The van der Waals surface area contributed by atoms with Gasteiger partial charge in [-0.05, 0) is 36.6 Å². The van der Waals surface area contributed by atoms with Crippen LogP contribution in [0.25, 0.3) is 22.0 Å². The highest BCUT2D eigenvalue weighted by molar-refractivity contribution is 6.41. The van der Waals surface area contributed by atoms with Crippen molar-refractivity contribution in [1.29, 1.82) is 0 Å². The molecule has 0 radical (unpaired) electrons. The third kappa shape index (κ3) is 5.49. The van der Waals surface area contributed by atoms with Crippen molar-refractivity contribution >= 4 is 51.9 Å². The third-order valence-electron chi connectivity index (χ3n) is 6.62. The Labute approximate surface area is 231 Å². The Bertz CT molecular complexity index is 1370. The van der Waals surface area contributed by atoms with Crippen LogP contribution >= 0.6 is 23.2 Å². The first-order chi connectivity index (χ1) is 18.2. The van der Waals surface area contributed by atoms with E-state index in [1.54, 1.807) is 31.3 Å². The van der Waals surface area contributed by atoms with E-state index >= 15 is 0 Å². The molecule has 2 amide bonds. The van der Waals surface area contributed by atoms with Gasteiger partial charge in [0.15, 0.2) is 0 Å². The summed E-state index contributed by atoms with van der Waals surface area (Å²) >= 11 is 13.2. The van der Waals surface area contributed by atoms with Crippen LogP contribution in [0.15, 0.2) is 43.1 Å². The average Bonchev–Trinajstić information content (AvgIpc) is 3.29. The van der Waals surface area contributed by atoms with Gasteiger partial charge in [0.1, 0.15) is 11.5 Å². The number of methoxy groups -OCH3 is 2. The molecule has 38 heavy (non-hydrogen) atoms. The number of nitrogens with zero attached hydrogens (tertiary/aromatic N) is 3. The van der Waals surface area contributed by atoms with Gasteiger partial charge in [-0.25, -0.2) is 9.97 Å². The molecule has 2 N–H and O–H groups in total. The van der Waals surface area contributed by atoms with E-state index in [0.717, 1.165) is 10.9 Å². The quantitative estimate of drug-likeness (QED) is 0.391. The van der Waals surface area contributed by atoms with Crippen molar-refractivity contribution in [3.8, 4) is 22.6 Å². The number of rotatable bonds is 8. The highest BCUT2D eigenvalue weighted by Gasteiger charge is 2.39. The van der Waals surface area contributed by atoms with E-state index in [9.17, 15) is 9.59 Å². The maximum absolute atomic E-state index is 12.6. The van der Waals surface area contributed by atoms with Gasteiger partial charge in [0, 0.05) is 43.2 Å². The molecule has 1 aliphatic rings. The number of benzene rings is 2. The topological polar surface area (TPSA) is 106 Å². The summed E-state index contributed by atoms with van der Waals surface area (Å²) in [5.41, 5.74) is 2.03. The second-order valence-corrected chi connectivity index (χ2v) is 9.98. The average molecular weight is 558 g/mol. The van der Waals surface area contributed by atoms with Crippen molar-refractivity contribution in [3.63, 3.8) is 0 Å². The molecule has 0 spiro atoms. The van der Waals surface area contributed by atoms with Crippen LogP contribution in [0.3, 0.4) is 0 Å². The van der Waals surface area contributed by atoms with Crippen molar-refractivity contribution in [2.75, 3.05) is 33.6 Å². The van der Waals surface area contributed by atoms with Gasteiger partial charge in [-0.15, -0.1) is 0 Å². The minimum absolute atomic E-state index is 0.0191. The van der Waals surface area contributed by atoms with Crippen molar-refractivity contribution in [2.24, 2.45) is 5.92 Å². The zero-order chi connectivity index (χ0) is 27.6. The van der Waals surface area contributed by atoms with Gasteiger partial charge in [0.25, 0.3) is 0 Å². The van der Waals surface area contributed by atoms with Crippen LogP contribution in [-0.2, 0) is 9.59 Å². The Hall–Kier alpha value is -3.56. The maximum atomic E-state index is 12.6. The van der Waals surface area contributed by atoms with E-state index in [1.165, 1.54) is 20.3 Å². The number of carbonyl (C=O) groups is 2. The summed E-state index contributed by atoms with van der Waals surface area (Å²) in [4.78, 5) is 35.3. The smallest absolute Gasteiger partial charge is 0.243 e. The molecule has 200 valence electrons. The number of anilines is 1. The third-order valence-corrected chi connectivity index (χ3v) is 7.37. The molecule has 0 bridgehead atoms. The number of carbonyl (C=O) groups excluding carboxylic acids is 2. The fourth-order valence-electron chi connectivity index (χ4n) is 4.73. The number of nitrogens with one attached hydrogen (secondary N) is 2. The highest BCUT2D eigenvalue weighted by Crippen LogP contribution is 2.46. The molecule has 11 heteroatoms. The van der Waals surface area contributed by atoms with Gasteiger partial charge in [-0.3, -0.25) is 9.59 Å². The van der Waals surface area contributed by atoms with Crippen molar-refractivity contribution < 1.29 is 19.1 Å². The Morgan fingerprint density at radius 2 is 1.74 bits per heavy atom. The van der Waals surface area contributed by atoms with Gasteiger partial charge in [0.2, 0.25) is 17.8 Å². The van der Waals surface area contributed by atoms with Crippen LogP contribution in [-0.4, -0.2) is 67.1 Å². The highest BCUT2D eigenvalue weighted by atomic mass is 35.5. The number of halogens is 2. The molecule has 9 nitrogen and oxygen atoms in total. The normalized spacial score (nSPS) is 18.6. The standard InChI is InChI=1S/C27H29Cl2N5O4/c1-6-22(35)31-18-10-15(26(36)34(2)3)11-19(18)33-27-30-13-16-9-14(7-8-17(16)32-27)23-24(28)20(37-4)12-21(38-5)25(23)29/h6-9,12-13,15,18-19H,1,10-11H2,2-5H3,(H,31,35)(H,30,32,33)/t15-,18?,19?/m1/s1. The van der Waals surface area contributed by atoms with Crippen LogP contribution in [0.4, 0.5) is 5.95 Å². The minimum Gasteiger partial charge on any atom is -0.495 e. The predicted molar refractivity (Wildman–Crippen MR) is 149 cm³/mol. The fourth-order valence-corrected chi connectivity index (χ4v) is 5.45. The lowest BCUT2D eigenvalue weighted by Gasteiger charge is -2.21. The molecule has 1 aromatic heterocycles. The second-order valence-electron chi connectivity index (χ2n) is 9.22. The lowest BCUT2D eigenvalue weighted by atomic mass is 10.0. The SMILES string of the molecule is C=CC(=O)NC1C[C@@H](C(=O)N(C)C)CC1Nc1ncc2cc(-c3c(Cl)c(OC)cc(OC)c3Cl)ccc2n1.